The van der Waals surface area contributed by atoms with Crippen molar-refractivity contribution >= 4 is 17.6 Å². The van der Waals surface area contributed by atoms with E-state index in [-0.39, 0.29) is 5.60 Å². The summed E-state index contributed by atoms with van der Waals surface area (Å²) in [5, 5.41) is 4.29. The fourth-order valence-corrected chi connectivity index (χ4v) is 3.29. The van der Waals surface area contributed by atoms with Crippen molar-refractivity contribution in [3.8, 4) is 0 Å². The highest BCUT2D eigenvalue weighted by molar-refractivity contribution is 7.98. The van der Waals surface area contributed by atoms with Crippen molar-refractivity contribution in [1.82, 2.24) is 9.97 Å². The highest BCUT2D eigenvalue weighted by Crippen LogP contribution is 2.26. The molecule has 1 saturated heterocycles. The van der Waals surface area contributed by atoms with Gasteiger partial charge in [0.05, 0.1) is 18.0 Å². The summed E-state index contributed by atoms with van der Waals surface area (Å²) in [6.45, 7) is 3.78. The van der Waals surface area contributed by atoms with Crippen LogP contribution in [0.25, 0.3) is 0 Å². The van der Waals surface area contributed by atoms with Crippen LogP contribution in [0.4, 0.5) is 5.82 Å². The minimum atomic E-state index is -0.0745. The molecular formula is C17H21N3OS. The molecule has 1 fully saturated rings. The average Bonchev–Trinajstić information content (AvgIpc) is 3.00. The Morgan fingerprint density at radius 2 is 2.14 bits per heavy atom. The van der Waals surface area contributed by atoms with Crippen molar-refractivity contribution < 1.29 is 4.74 Å². The van der Waals surface area contributed by atoms with Gasteiger partial charge in [-0.15, -0.1) is 11.8 Å². The van der Waals surface area contributed by atoms with Crippen LogP contribution >= 0.6 is 11.8 Å². The number of hydrogen-bond donors (Lipinski definition) is 1. The Morgan fingerprint density at radius 1 is 1.27 bits per heavy atom. The van der Waals surface area contributed by atoms with E-state index in [1.54, 1.807) is 18.0 Å². The van der Waals surface area contributed by atoms with Gasteiger partial charge in [-0.3, -0.25) is 4.98 Å². The first kappa shape index (κ1) is 15.3. The molecule has 2 aromatic rings. The number of anilines is 1. The fraction of sp³-hybridized carbons (Fsp3) is 0.412. The third kappa shape index (κ3) is 4.21. The summed E-state index contributed by atoms with van der Waals surface area (Å²) >= 11 is 1.70. The summed E-state index contributed by atoms with van der Waals surface area (Å²) in [5.41, 5.74) is 1.22. The van der Waals surface area contributed by atoms with Gasteiger partial charge in [-0.1, -0.05) is 30.3 Å². The number of aromatic nitrogens is 2. The van der Waals surface area contributed by atoms with Crippen LogP contribution in [-0.2, 0) is 10.5 Å². The Labute approximate surface area is 135 Å². The van der Waals surface area contributed by atoms with E-state index < -0.39 is 0 Å². The van der Waals surface area contributed by atoms with Gasteiger partial charge in [-0.2, -0.15) is 0 Å². The minimum Gasteiger partial charge on any atom is -0.373 e. The van der Waals surface area contributed by atoms with Crippen LogP contribution < -0.4 is 5.32 Å². The Hall–Kier alpha value is -1.59. The van der Waals surface area contributed by atoms with Gasteiger partial charge < -0.3 is 10.1 Å². The number of ether oxygens (including phenoxy) is 1. The van der Waals surface area contributed by atoms with Gasteiger partial charge in [-0.05, 0) is 25.3 Å². The van der Waals surface area contributed by atoms with Gasteiger partial charge in [0.2, 0.25) is 0 Å². The lowest BCUT2D eigenvalue weighted by Crippen LogP contribution is -2.32. The number of hydrogen-bond acceptors (Lipinski definition) is 5. The first-order valence-corrected chi connectivity index (χ1v) is 8.59. The Morgan fingerprint density at radius 3 is 2.91 bits per heavy atom. The van der Waals surface area contributed by atoms with Gasteiger partial charge >= 0.3 is 0 Å². The largest absolute Gasteiger partial charge is 0.373 e. The van der Waals surface area contributed by atoms with Crippen molar-refractivity contribution in [3.63, 3.8) is 0 Å². The normalized spacial score (nSPS) is 21.0. The van der Waals surface area contributed by atoms with Crippen LogP contribution in [0.15, 0.2) is 47.8 Å². The zero-order chi connectivity index (χ0) is 15.3. The molecule has 22 heavy (non-hydrogen) atoms. The summed E-state index contributed by atoms with van der Waals surface area (Å²) in [5.74, 6) is 1.72. The van der Waals surface area contributed by atoms with Gasteiger partial charge in [0, 0.05) is 18.9 Å². The van der Waals surface area contributed by atoms with Crippen molar-refractivity contribution in [2.45, 2.75) is 36.1 Å². The van der Waals surface area contributed by atoms with E-state index in [1.807, 2.05) is 12.3 Å². The van der Waals surface area contributed by atoms with Crippen LogP contribution in [0.3, 0.4) is 0 Å². The Kier molecular flexibility index (Phi) is 4.95. The SMILES string of the molecule is CC1(CNc2cncc(SCc3ccccc3)n2)CCCO1. The Balaban J connectivity index is 1.55. The zero-order valence-corrected chi connectivity index (χ0v) is 13.6. The standard InChI is InChI=1S/C17H21N3OS/c1-17(8-5-9-21-17)13-19-15-10-18-11-16(20-15)22-12-14-6-3-2-4-7-14/h2-4,6-7,10-11H,5,8-9,12-13H2,1H3,(H,19,20). The number of thioether (sulfide) groups is 1. The third-order valence-corrected chi connectivity index (χ3v) is 4.76. The maximum absolute atomic E-state index is 5.78. The molecule has 0 radical (unpaired) electrons. The molecule has 116 valence electrons. The van der Waals surface area contributed by atoms with Gasteiger partial charge in [-0.25, -0.2) is 4.98 Å². The number of nitrogens with zero attached hydrogens (tertiary/aromatic N) is 2. The van der Waals surface area contributed by atoms with E-state index in [2.05, 4.69) is 46.5 Å². The van der Waals surface area contributed by atoms with Crippen molar-refractivity contribution in [2.75, 3.05) is 18.5 Å². The molecule has 2 heterocycles. The van der Waals surface area contributed by atoms with Crippen LogP contribution in [0.1, 0.15) is 25.3 Å². The molecule has 1 aliphatic rings. The van der Waals surface area contributed by atoms with Gasteiger partial charge in [0.15, 0.2) is 0 Å². The molecule has 0 amide bonds. The first-order chi connectivity index (χ1) is 10.7. The van der Waals surface area contributed by atoms with Crippen molar-refractivity contribution in [1.29, 1.82) is 0 Å². The summed E-state index contributed by atoms with van der Waals surface area (Å²) in [6.07, 6.45) is 5.81. The maximum Gasteiger partial charge on any atom is 0.145 e. The fourth-order valence-electron chi connectivity index (χ4n) is 2.49. The molecule has 1 aromatic heterocycles. The number of nitrogens with one attached hydrogen (secondary N) is 1. The Bertz CT molecular complexity index is 600. The van der Waals surface area contributed by atoms with E-state index in [0.717, 1.165) is 42.6 Å². The quantitative estimate of drug-likeness (QED) is 0.823. The molecule has 3 rings (SSSR count). The second kappa shape index (κ2) is 7.11. The molecule has 1 aromatic carbocycles. The lowest BCUT2D eigenvalue weighted by atomic mass is 10.0. The number of rotatable bonds is 6. The molecule has 1 aliphatic heterocycles. The average molecular weight is 315 g/mol. The van der Waals surface area contributed by atoms with E-state index >= 15 is 0 Å². The monoisotopic (exact) mass is 315 g/mol. The van der Waals surface area contributed by atoms with E-state index in [9.17, 15) is 0 Å². The highest BCUT2D eigenvalue weighted by atomic mass is 32.2. The smallest absolute Gasteiger partial charge is 0.145 e. The zero-order valence-electron chi connectivity index (χ0n) is 12.8. The molecule has 0 saturated carbocycles. The summed E-state index contributed by atoms with van der Waals surface area (Å²) in [6, 6.07) is 10.4. The third-order valence-electron chi connectivity index (χ3n) is 3.79. The predicted molar refractivity (Wildman–Crippen MR) is 90.1 cm³/mol. The topological polar surface area (TPSA) is 47.0 Å². The number of benzene rings is 1. The molecule has 1 unspecified atom stereocenters. The molecule has 0 bridgehead atoms. The summed E-state index contributed by atoms with van der Waals surface area (Å²) in [7, 11) is 0. The lowest BCUT2D eigenvalue weighted by Gasteiger charge is -2.23. The minimum absolute atomic E-state index is 0.0745. The molecule has 4 nitrogen and oxygen atoms in total. The second-order valence-electron chi connectivity index (χ2n) is 5.77. The molecule has 0 aliphatic carbocycles. The van der Waals surface area contributed by atoms with E-state index in [1.165, 1.54) is 5.56 Å². The molecule has 0 spiro atoms. The van der Waals surface area contributed by atoms with Crippen LogP contribution in [-0.4, -0.2) is 28.7 Å². The molecular weight excluding hydrogens is 294 g/mol. The molecule has 1 atom stereocenters. The van der Waals surface area contributed by atoms with Crippen LogP contribution in [0.5, 0.6) is 0 Å². The summed E-state index contributed by atoms with van der Waals surface area (Å²) < 4.78 is 5.78. The second-order valence-corrected chi connectivity index (χ2v) is 6.77. The maximum atomic E-state index is 5.78. The lowest BCUT2D eigenvalue weighted by molar-refractivity contribution is 0.0314. The van der Waals surface area contributed by atoms with E-state index in [0.29, 0.717) is 0 Å². The van der Waals surface area contributed by atoms with Crippen LogP contribution in [0.2, 0.25) is 0 Å². The van der Waals surface area contributed by atoms with E-state index in [4.69, 9.17) is 4.74 Å². The summed E-state index contributed by atoms with van der Waals surface area (Å²) in [4.78, 5) is 8.89. The van der Waals surface area contributed by atoms with Crippen molar-refractivity contribution in [2.24, 2.45) is 0 Å². The van der Waals surface area contributed by atoms with Gasteiger partial charge in [0.25, 0.3) is 0 Å². The predicted octanol–water partition coefficient (Wildman–Crippen LogP) is 3.75. The molecule has 1 N–H and O–H groups in total. The molecule has 5 heteroatoms. The van der Waals surface area contributed by atoms with Gasteiger partial charge in [0.1, 0.15) is 10.8 Å². The first-order valence-electron chi connectivity index (χ1n) is 7.60. The highest BCUT2D eigenvalue weighted by Gasteiger charge is 2.29. The van der Waals surface area contributed by atoms with Crippen molar-refractivity contribution in [3.05, 3.63) is 48.3 Å². The van der Waals surface area contributed by atoms with Crippen LogP contribution in [0, 0.1) is 0 Å².